The first-order valence-electron chi connectivity index (χ1n) is 7.15. The molecule has 3 aromatic rings. The molecule has 0 amide bonds. The van der Waals surface area contributed by atoms with Gasteiger partial charge in [0.1, 0.15) is 5.75 Å². The minimum absolute atomic E-state index is 0.352. The van der Waals surface area contributed by atoms with Gasteiger partial charge in [-0.2, -0.15) is 0 Å². The molecule has 0 saturated carbocycles. The summed E-state index contributed by atoms with van der Waals surface area (Å²) in [4.78, 5) is 5.52. The number of fused-ring (bicyclic) bond motifs is 3. The van der Waals surface area contributed by atoms with Gasteiger partial charge in [0.2, 0.25) is 0 Å². The molecule has 0 saturated heterocycles. The Hall–Kier alpha value is -2.33. The zero-order valence-corrected chi connectivity index (χ0v) is 13.4. The maximum absolute atomic E-state index is 10.5. The van der Waals surface area contributed by atoms with E-state index in [0.717, 1.165) is 31.4 Å². The van der Waals surface area contributed by atoms with Gasteiger partial charge in [0.25, 0.3) is 0 Å². The average Bonchev–Trinajstić information content (AvgIpc) is 2.90. The molecular formula is C18H18N2OS. The highest BCUT2D eigenvalue weighted by atomic mass is 32.1. The molecule has 0 bridgehead atoms. The Kier molecular flexibility index (Phi) is 3.86. The minimum Gasteiger partial charge on any atom is -0.507 e. The monoisotopic (exact) mass is 310 g/mol. The number of hydrogen-bond donors (Lipinski definition) is 1. The first-order chi connectivity index (χ1) is 10.7. The highest BCUT2D eigenvalue weighted by Gasteiger charge is 2.15. The smallest absolute Gasteiger partial charge is 0.186 e. The van der Waals surface area contributed by atoms with Gasteiger partial charge in [-0.1, -0.05) is 47.8 Å². The van der Waals surface area contributed by atoms with Crippen molar-refractivity contribution < 1.29 is 5.11 Å². The normalized spacial score (nSPS) is 12.1. The van der Waals surface area contributed by atoms with Crippen LogP contribution in [-0.4, -0.2) is 16.2 Å². The van der Waals surface area contributed by atoms with E-state index in [1.54, 1.807) is 17.4 Å². The molecule has 112 valence electrons. The Morgan fingerprint density at radius 1 is 1.23 bits per heavy atom. The topological polar surface area (TPSA) is 37.5 Å². The number of hydrogen-bond acceptors (Lipinski definition) is 3. The van der Waals surface area contributed by atoms with Crippen LogP contribution >= 0.6 is 11.3 Å². The number of nitrogens with zero attached hydrogens (tertiary/aromatic N) is 2. The Labute approximate surface area is 133 Å². The maximum atomic E-state index is 10.5. The molecule has 1 heterocycles. The second-order valence-electron chi connectivity index (χ2n) is 5.11. The molecular weight excluding hydrogens is 292 g/mol. The molecule has 2 aromatic carbocycles. The Bertz CT molecular complexity index is 947. The van der Waals surface area contributed by atoms with Crippen LogP contribution in [0.5, 0.6) is 5.75 Å². The number of aromatic hydroxyl groups is 1. The SMILES string of the molecule is C=CCN=c1sc2c(C)c(O)c3ccccc3c2n1CC=C. The summed E-state index contributed by atoms with van der Waals surface area (Å²) in [5.41, 5.74) is 2.01. The van der Waals surface area contributed by atoms with Crippen molar-refractivity contribution in [1.29, 1.82) is 0 Å². The fourth-order valence-electron chi connectivity index (χ4n) is 2.70. The number of aromatic nitrogens is 1. The molecule has 1 N–H and O–H groups in total. The summed E-state index contributed by atoms with van der Waals surface area (Å²) in [5, 5.41) is 12.4. The molecule has 4 heteroatoms. The molecule has 0 unspecified atom stereocenters. The van der Waals surface area contributed by atoms with E-state index in [1.165, 1.54) is 0 Å². The Balaban J connectivity index is 2.55. The van der Waals surface area contributed by atoms with Gasteiger partial charge >= 0.3 is 0 Å². The molecule has 0 aliphatic carbocycles. The van der Waals surface area contributed by atoms with Gasteiger partial charge in [0, 0.05) is 22.9 Å². The average molecular weight is 310 g/mol. The fourth-order valence-corrected chi connectivity index (χ4v) is 3.86. The molecule has 3 rings (SSSR count). The predicted molar refractivity (Wildman–Crippen MR) is 94.5 cm³/mol. The van der Waals surface area contributed by atoms with Crippen LogP contribution in [0.3, 0.4) is 0 Å². The van der Waals surface area contributed by atoms with Gasteiger partial charge in [-0.25, -0.2) is 0 Å². The molecule has 0 fully saturated rings. The van der Waals surface area contributed by atoms with E-state index in [0.29, 0.717) is 18.8 Å². The van der Waals surface area contributed by atoms with Crippen molar-refractivity contribution in [3.05, 3.63) is 59.9 Å². The predicted octanol–water partition coefficient (Wildman–Crippen LogP) is 4.14. The van der Waals surface area contributed by atoms with Crippen LogP contribution in [0.1, 0.15) is 5.56 Å². The summed E-state index contributed by atoms with van der Waals surface area (Å²) in [6.07, 6.45) is 3.65. The van der Waals surface area contributed by atoms with Crippen molar-refractivity contribution in [3.63, 3.8) is 0 Å². The molecule has 22 heavy (non-hydrogen) atoms. The standard InChI is InChI=1S/C18H18N2OS/c1-4-10-19-18-20(11-5-2)15-13-8-6-7-9-14(13)16(21)12(3)17(15)22-18/h4-9,21H,1-2,10-11H2,3H3. The van der Waals surface area contributed by atoms with Crippen molar-refractivity contribution in [1.82, 2.24) is 4.57 Å². The lowest BCUT2D eigenvalue weighted by molar-refractivity contribution is 0.478. The van der Waals surface area contributed by atoms with Crippen LogP contribution in [0, 0.1) is 6.92 Å². The third-order valence-corrected chi connectivity index (χ3v) is 4.95. The first kappa shape index (κ1) is 14.6. The third kappa shape index (κ3) is 2.16. The summed E-state index contributed by atoms with van der Waals surface area (Å²) in [6, 6.07) is 7.93. The summed E-state index contributed by atoms with van der Waals surface area (Å²) in [5.74, 6) is 0.352. The second kappa shape index (κ2) is 5.81. The lowest BCUT2D eigenvalue weighted by Crippen LogP contribution is -2.14. The maximum Gasteiger partial charge on any atom is 0.186 e. The van der Waals surface area contributed by atoms with E-state index in [4.69, 9.17) is 0 Å². The van der Waals surface area contributed by atoms with E-state index in [1.807, 2.05) is 37.3 Å². The van der Waals surface area contributed by atoms with E-state index in [-0.39, 0.29) is 0 Å². The van der Waals surface area contributed by atoms with Crippen LogP contribution in [0.4, 0.5) is 0 Å². The number of phenolic OH excluding ortho intramolecular Hbond substituents is 1. The van der Waals surface area contributed by atoms with E-state index < -0.39 is 0 Å². The number of benzene rings is 2. The summed E-state index contributed by atoms with van der Waals surface area (Å²) < 4.78 is 3.23. The summed E-state index contributed by atoms with van der Waals surface area (Å²) >= 11 is 1.60. The van der Waals surface area contributed by atoms with Crippen molar-refractivity contribution in [3.8, 4) is 5.75 Å². The lowest BCUT2D eigenvalue weighted by atomic mass is 10.0. The zero-order valence-electron chi connectivity index (χ0n) is 12.5. The summed E-state index contributed by atoms with van der Waals surface area (Å²) in [6.45, 7) is 10.8. The first-order valence-corrected chi connectivity index (χ1v) is 7.96. The van der Waals surface area contributed by atoms with Gasteiger partial charge in [0.15, 0.2) is 4.80 Å². The van der Waals surface area contributed by atoms with Crippen LogP contribution in [-0.2, 0) is 6.54 Å². The van der Waals surface area contributed by atoms with Crippen molar-refractivity contribution >= 4 is 32.3 Å². The molecule has 0 radical (unpaired) electrons. The largest absolute Gasteiger partial charge is 0.507 e. The van der Waals surface area contributed by atoms with Crippen molar-refractivity contribution in [2.24, 2.45) is 4.99 Å². The number of thiazole rings is 1. The van der Waals surface area contributed by atoms with Crippen molar-refractivity contribution in [2.45, 2.75) is 13.5 Å². The van der Waals surface area contributed by atoms with Crippen LogP contribution in [0.25, 0.3) is 21.0 Å². The van der Waals surface area contributed by atoms with Crippen LogP contribution in [0.15, 0.2) is 54.6 Å². The number of rotatable bonds is 4. The van der Waals surface area contributed by atoms with Gasteiger partial charge in [-0.05, 0) is 6.92 Å². The second-order valence-corrected chi connectivity index (χ2v) is 6.09. The molecule has 0 aliphatic heterocycles. The third-order valence-electron chi connectivity index (χ3n) is 3.71. The quantitative estimate of drug-likeness (QED) is 0.722. The molecule has 0 spiro atoms. The van der Waals surface area contributed by atoms with Crippen molar-refractivity contribution in [2.75, 3.05) is 6.54 Å². The Morgan fingerprint density at radius 3 is 2.64 bits per heavy atom. The van der Waals surface area contributed by atoms with E-state index in [2.05, 4.69) is 22.7 Å². The van der Waals surface area contributed by atoms with Crippen LogP contribution in [0.2, 0.25) is 0 Å². The number of allylic oxidation sites excluding steroid dienone is 1. The zero-order chi connectivity index (χ0) is 15.7. The van der Waals surface area contributed by atoms with E-state index >= 15 is 0 Å². The van der Waals surface area contributed by atoms with Gasteiger partial charge in [0.05, 0.1) is 16.8 Å². The molecule has 0 aliphatic rings. The number of phenols is 1. The van der Waals surface area contributed by atoms with Gasteiger partial charge < -0.3 is 9.67 Å². The molecule has 3 nitrogen and oxygen atoms in total. The van der Waals surface area contributed by atoms with E-state index in [9.17, 15) is 5.11 Å². The van der Waals surface area contributed by atoms with Crippen LogP contribution < -0.4 is 4.80 Å². The Morgan fingerprint density at radius 2 is 1.95 bits per heavy atom. The summed E-state index contributed by atoms with van der Waals surface area (Å²) in [7, 11) is 0. The number of aryl methyl sites for hydroxylation is 1. The molecule has 0 atom stereocenters. The van der Waals surface area contributed by atoms with Gasteiger partial charge in [-0.15, -0.1) is 13.2 Å². The lowest BCUT2D eigenvalue weighted by Gasteiger charge is -2.09. The molecule has 1 aromatic heterocycles. The van der Waals surface area contributed by atoms with Gasteiger partial charge in [-0.3, -0.25) is 4.99 Å². The minimum atomic E-state index is 0.352. The highest BCUT2D eigenvalue weighted by molar-refractivity contribution is 7.16. The highest BCUT2D eigenvalue weighted by Crippen LogP contribution is 2.37. The fraction of sp³-hybridized carbons (Fsp3) is 0.167.